The van der Waals surface area contributed by atoms with E-state index in [0.29, 0.717) is 12.3 Å². The van der Waals surface area contributed by atoms with Crippen molar-refractivity contribution in [3.8, 4) is 11.6 Å². The van der Waals surface area contributed by atoms with E-state index in [-0.39, 0.29) is 11.7 Å². The van der Waals surface area contributed by atoms with Gasteiger partial charge < -0.3 is 19.1 Å². The summed E-state index contributed by atoms with van der Waals surface area (Å²) in [5.41, 5.74) is 1.61. The Hall–Kier alpha value is -3.54. The lowest BCUT2D eigenvalue weighted by Crippen LogP contribution is -2.09. The molecule has 0 aliphatic carbocycles. The van der Waals surface area contributed by atoms with Crippen LogP contribution < -0.4 is 9.47 Å². The van der Waals surface area contributed by atoms with Crippen molar-refractivity contribution in [2.75, 3.05) is 7.11 Å². The molecule has 0 fully saturated rings. The van der Waals surface area contributed by atoms with E-state index in [1.165, 1.54) is 12.1 Å². The topological polar surface area (TPSA) is 60.7 Å². The maximum Gasteiger partial charge on any atom is 0.512 e. The maximum atomic E-state index is 13.8. The van der Waals surface area contributed by atoms with E-state index in [2.05, 4.69) is 0 Å². The van der Waals surface area contributed by atoms with Crippen LogP contribution in [0, 0.1) is 5.82 Å². The highest BCUT2D eigenvalue weighted by atomic mass is 19.1. The van der Waals surface area contributed by atoms with Crippen molar-refractivity contribution in [1.29, 1.82) is 0 Å². The molecule has 136 valence electrons. The number of hydrogen-bond acceptors (Lipinski definition) is 3. The van der Waals surface area contributed by atoms with Gasteiger partial charge in [0.2, 0.25) is 5.88 Å². The molecule has 0 spiro atoms. The zero-order chi connectivity index (χ0) is 19.0. The normalized spacial score (nSPS) is 11.0. The summed E-state index contributed by atoms with van der Waals surface area (Å²) in [6.45, 7) is 0.320. The Balaban J connectivity index is 1.91. The number of ether oxygens (including phenoxy) is 2. The third-order valence-electron chi connectivity index (χ3n) is 4.54. The second-order valence-corrected chi connectivity index (χ2v) is 6.11. The van der Waals surface area contributed by atoms with E-state index in [9.17, 15) is 9.18 Å². The molecule has 4 aromatic rings. The summed E-state index contributed by atoms with van der Waals surface area (Å²) >= 11 is 0. The highest BCUT2D eigenvalue weighted by Crippen LogP contribution is 2.34. The molecular formula is C21H16FNO4. The molecule has 0 saturated carbocycles. The van der Waals surface area contributed by atoms with Crippen molar-refractivity contribution in [1.82, 2.24) is 4.57 Å². The van der Waals surface area contributed by atoms with Gasteiger partial charge >= 0.3 is 6.16 Å². The molecule has 0 unspecified atom stereocenters. The molecule has 5 nitrogen and oxygen atoms in total. The fraction of sp³-hybridized carbons (Fsp3) is 0.0952. The number of carbonyl (C=O) groups is 1. The zero-order valence-electron chi connectivity index (χ0n) is 14.5. The van der Waals surface area contributed by atoms with Crippen LogP contribution in [0.5, 0.6) is 11.6 Å². The van der Waals surface area contributed by atoms with Gasteiger partial charge in [-0.15, -0.1) is 0 Å². The number of nitrogens with zero attached hydrogens (tertiary/aromatic N) is 1. The van der Waals surface area contributed by atoms with Crippen molar-refractivity contribution in [2.45, 2.75) is 6.54 Å². The Morgan fingerprint density at radius 1 is 1.07 bits per heavy atom. The summed E-state index contributed by atoms with van der Waals surface area (Å²) < 4.78 is 25.9. The average Bonchev–Trinajstić information content (AvgIpc) is 2.99. The molecule has 0 aliphatic heterocycles. The van der Waals surface area contributed by atoms with Crippen molar-refractivity contribution in [3.05, 3.63) is 72.0 Å². The van der Waals surface area contributed by atoms with Gasteiger partial charge in [-0.1, -0.05) is 30.3 Å². The summed E-state index contributed by atoms with van der Waals surface area (Å²) in [7, 11) is 1.55. The van der Waals surface area contributed by atoms with Gasteiger partial charge in [0.1, 0.15) is 11.6 Å². The Labute approximate surface area is 154 Å². The second kappa shape index (κ2) is 6.64. The van der Waals surface area contributed by atoms with E-state index in [0.717, 1.165) is 27.2 Å². The predicted molar refractivity (Wildman–Crippen MR) is 100 cm³/mol. The fourth-order valence-corrected chi connectivity index (χ4v) is 3.37. The number of rotatable bonds is 4. The number of hydrogen-bond donors (Lipinski definition) is 1. The van der Waals surface area contributed by atoms with E-state index in [1.54, 1.807) is 29.9 Å². The fourth-order valence-electron chi connectivity index (χ4n) is 3.37. The van der Waals surface area contributed by atoms with Gasteiger partial charge in [0.05, 0.1) is 19.2 Å². The van der Waals surface area contributed by atoms with Crippen LogP contribution in [0.15, 0.2) is 60.7 Å². The van der Waals surface area contributed by atoms with Crippen molar-refractivity contribution in [2.24, 2.45) is 0 Å². The second-order valence-electron chi connectivity index (χ2n) is 6.11. The highest BCUT2D eigenvalue weighted by Gasteiger charge is 2.17. The van der Waals surface area contributed by atoms with Crippen molar-refractivity contribution >= 4 is 27.8 Å². The SMILES string of the molecule is COc1cccc2c1cc(OC(=O)O)n2Cc1cccc2ccc(F)cc12. The maximum absolute atomic E-state index is 13.8. The van der Waals surface area contributed by atoms with Crippen molar-refractivity contribution < 1.29 is 23.8 Å². The molecule has 6 heteroatoms. The Kier molecular flexibility index (Phi) is 4.16. The third kappa shape index (κ3) is 3.06. The molecule has 1 heterocycles. The van der Waals surface area contributed by atoms with Crippen LogP contribution in [0.1, 0.15) is 5.56 Å². The summed E-state index contributed by atoms with van der Waals surface area (Å²) in [5, 5.41) is 11.5. The first-order valence-electron chi connectivity index (χ1n) is 8.31. The lowest BCUT2D eigenvalue weighted by molar-refractivity contribution is 0.141. The van der Waals surface area contributed by atoms with Crippen LogP contribution >= 0.6 is 0 Å². The lowest BCUT2D eigenvalue weighted by Gasteiger charge is -2.12. The summed E-state index contributed by atoms with van der Waals surface area (Å²) in [6.07, 6.45) is -1.40. The minimum atomic E-state index is -1.40. The molecular weight excluding hydrogens is 349 g/mol. The molecule has 1 aromatic heterocycles. The highest BCUT2D eigenvalue weighted by molar-refractivity contribution is 5.90. The summed E-state index contributed by atoms with van der Waals surface area (Å²) in [4.78, 5) is 11.1. The monoisotopic (exact) mass is 365 g/mol. The average molecular weight is 365 g/mol. The van der Waals surface area contributed by atoms with E-state index >= 15 is 0 Å². The molecule has 4 rings (SSSR count). The number of methoxy groups -OCH3 is 1. The number of benzene rings is 3. The minimum Gasteiger partial charge on any atom is -0.496 e. The van der Waals surface area contributed by atoms with Crippen molar-refractivity contribution in [3.63, 3.8) is 0 Å². The molecule has 0 bridgehead atoms. The van der Waals surface area contributed by atoms with Gasteiger partial charge in [-0.3, -0.25) is 0 Å². The molecule has 0 aliphatic rings. The Morgan fingerprint density at radius 3 is 2.67 bits per heavy atom. The first-order chi connectivity index (χ1) is 13.1. The first kappa shape index (κ1) is 16.9. The number of fused-ring (bicyclic) bond motifs is 2. The summed E-state index contributed by atoms with van der Waals surface area (Å²) in [6, 6.07) is 17.4. The quantitative estimate of drug-likeness (QED) is 0.514. The van der Waals surface area contributed by atoms with Crippen LogP contribution in [0.3, 0.4) is 0 Å². The molecule has 0 atom stereocenters. The van der Waals surface area contributed by atoms with Crippen LogP contribution in [-0.4, -0.2) is 22.9 Å². The molecule has 1 N–H and O–H groups in total. The predicted octanol–water partition coefficient (Wildman–Crippen LogP) is 5.05. The van der Waals surface area contributed by atoms with E-state index < -0.39 is 6.16 Å². The van der Waals surface area contributed by atoms with Crippen LogP contribution in [0.25, 0.3) is 21.7 Å². The molecule has 3 aromatic carbocycles. The largest absolute Gasteiger partial charge is 0.512 e. The first-order valence-corrected chi connectivity index (χ1v) is 8.31. The third-order valence-corrected chi connectivity index (χ3v) is 4.54. The van der Waals surface area contributed by atoms with Gasteiger partial charge in [0.25, 0.3) is 0 Å². The number of halogens is 1. The van der Waals surface area contributed by atoms with Gasteiger partial charge in [-0.25, -0.2) is 9.18 Å². The van der Waals surface area contributed by atoms with Gasteiger partial charge in [0.15, 0.2) is 0 Å². The minimum absolute atomic E-state index is 0.176. The van der Waals surface area contributed by atoms with Gasteiger partial charge in [0, 0.05) is 11.5 Å². The van der Waals surface area contributed by atoms with Gasteiger partial charge in [-0.2, -0.15) is 0 Å². The standard InChI is InChI=1S/C21H16FNO4/c1-26-19-7-3-6-18-17(19)11-20(27-21(24)25)23(18)12-14-5-2-4-13-8-9-15(22)10-16(13)14/h2-11H,12H2,1H3,(H,24,25). The molecule has 27 heavy (non-hydrogen) atoms. The number of carboxylic acid groups (broad SMARTS) is 1. The Morgan fingerprint density at radius 2 is 1.89 bits per heavy atom. The van der Waals surface area contributed by atoms with Gasteiger partial charge in [-0.05, 0) is 40.6 Å². The molecule has 0 saturated heterocycles. The van der Waals surface area contributed by atoms with Crippen LogP contribution in [0.4, 0.5) is 9.18 Å². The Bertz CT molecular complexity index is 1170. The zero-order valence-corrected chi connectivity index (χ0v) is 14.5. The lowest BCUT2D eigenvalue weighted by atomic mass is 10.0. The molecule has 0 radical (unpaired) electrons. The van der Waals surface area contributed by atoms with Crippen LogP contribution in [-0.2, 0) is 6.54 Å². The smallest absolute Gasteiger partial charge is 0.496 e. The summed E-state index contributed by atoms with van der Waals surface area (Å²) in [5.74, 6) is 0.469. The van der Waals surface area contributed by atoms with E-state index in [1.807, 2.05) is 30.3 Å². The molecule has 0 amide bonds. The van der Waals surface area contributed by atoms with Crippen LogP contribution in [0.2, 0.25) is 0 Å². The number of aromatic nitrogens is 1. The van der Waals surface area contributed by atoms with E-state index in [4.69, 9.17) is 14.6 Å².